The van der Waals surface area contributed by atoms with Crippen LogP contribution in [-0.2, 0) is 16.0 Å². The Morgan fingerprint density at radius 1 is 1.11 bits per heavy atom. The second kappa shape index (κ2) is 10.6. The summed E-state index contributed by atoms with van der Waals surface area (Å²) in [6.07, 6.45) is 6.23. The van der Waals surface area contributed by atoms with Gasteiger partial charge in [-0.3, -0.25) is 9.59 Å². The number of alkyl halides is 1. The van der Waals surface area contributed by atoms with E-state index in [2.05, 4.69) is 5.32 Å². The molecule has 1 heterocycles. The highest BCUT2D eigenvalue weighted by atomic mass is 35.5. The van der Waals surface area contributed by atoms with E-state index in [1.54, 1.807) is 4.90 Å². The van der Waals surface area contributed by atoms with Crippen LogP contribution in [0.3, 0.4) is 0 Å². The predicted molar refractivity (Wildman–Crippen MR) is 115 cm³/mol. The summed E-state index contributed by atoms with van der Waals surface area (Å²) in [4.78, 5) is 28.4. The Bertz CT molecular complexity index is 745. The number of halogens is 1. The van der Waals surface area contributed by atoms with Gasteiger partial charge in [0, 0.05) is 17.5 Å². The predicted octanol–water partition coefficient (Wildman–Crippen LogP) is 4.55. The summed E-state index contributed by atoms with van der Waals surface area (Å²) in [5.41, 5.74) is 1.13. The van der Waals surface area contributed by atoms with Gasteiger partial charge in [-0.05, 0) is 36.3 Å². The minimum absolute atomic E-state index is 0.0964. The molecule has 0 spiro atoms. The van der Waals surface area contributed by atoms with Crippen molar-refractivity contribution in [1.82, 2.24) is 10.2 Å². The van der Waals surface area contributed by atoms with Crippen molar-refractivity contribution in [3.8, 4) is 0 Å². The Morgan fingerprint density at radius 3 is 2.50 bits per heavy atom. The fourth-order valence-corrected chi connectivity index (χ4v) is 4.76. The number of carbonyl (C=O) groups excluding carboxylic acids is 2. The van der Waals surface area contributed by atoms with E-state index in [1.165, 1.54) is 17.8 Å². The molecule has 1 aromatic carbocycles. The first-order valence-electron chi connectivity index (χ1n) is 9.92. The summed E-state index contributed by atoms with van der Waals surface area (Å²) in [6.45, 7) is 0.455. The van der Waals surface area contributed by atoms with Crippen molar-refractivity contribution in [1.29, 1.82) is 0 Å². The van der Waals surface area contributed by atoms with E-state index in [1.807, 2.05) is 47.8 Å². The zero-order valence-corrected chi connectivity index (χ0v) is 17.6. The van der Waals surface area contributed by atoms with Crippen molar-refractivity contribution in [3.05, 3.63) is 58.3 Å². The fourth-order valence-electron chi connectivity index (χ4n) is 3.77. The van der Waals surface area contributed by atoms with Gasteiger partial charge in [0.2, 0.25) is 11.8 Å². The maximum absolute atomic E-state index is 13.2. The molecule has 1 saturated carbocycles. The topological polar surface area (TPSA) is 49.4 Å². The minimum Gasteiger partial charge on any atom is -0.351 e. The number of rotatable bonds is 8. The summed E-state index contributed by atoms with van der Waals surface area (Å²) in [7, 11) is 0. The number of hydrogen-bond acceptors (Lipinski definition) is 3. The minimum atomic E-state index is -0.628. The molecule has 1 atom stereocenters. The molecule has 0 bridgehead atoms. The number of carbonyl (C=O) groups is 2. The van der Waals surface area contributed by atoms with E-state index < -0.39 is 6.04 Å². The largest absolute Gasteiger partial charge is 0.351 e. The Hall–Kier alpha value is -1.85. The van der Waals surface area contributed by atoms with Crippen molar-refractivity contribution >= 4 is 34.8 Å². The zero-order chi connectivity index (χ0) is 19.8. The second-order valence-electron chi connectivity index (χ2n) is 7.22. The Kier molecular flexibility index (Phi) is 7.92. The van der Waals surface area contributed by atoms with Crippen molar-refractivity contribution in [2.75, 3.05) is 12.4 Å². The molecule has 0 unspecified atom stereocenters. The highest BCUT2D eigenvalue weighted by molar-refractivity contribution is 7.10. The summed E-state index contributed by atoms with van der Waals surface area (Å²) in [5, 5.41) is 5.14. The highest BCUT2D eigenvalue weighted by Crippen LogP contribution is 2.28. The molecule has 1 N–H and O–H groups in total. The molecular formula is C22H27ClN2O2S. The third-order valence-electron chi connectivity index (χ3n) is 5.24. The van der Waals surface area contributed by atoms with Crippen LogP contribution >= 0.6 is 22.9 Å². The Morgan fingerprint density at radius 2 is 1.86 bits per heavy atom. The zero-order valence-electron chi connectivity index (χ0n) is 16.0. The van der Waals surface area contributed by atoms with Gasteiger partial charge in [-0.15, -0.1) is 22.9 Å². The van der Waals surface area contributed by atoms with E-state index in [0.717, 1.165) is 36.1 Å². The van der Waals surface area contributed by atoms with Crippen LogP contribution in [0.5, 0.6) is 0 Å². The number of nitrogens with zero attached hydrogens (tertiary/aromatic N) is 1. The van der Waals surface area contributed by atoms with Crippen LogP contribution in [0.2, 0.25) is 0 Å². The molecule has 1 aliphatic rings. The summed E-state index contributed by atoms with van der Waals surface area (Å²) < 4.78 is 0. The van der Waals surface area contributed by atoms with Crippen LogP contribution in [0.25, 0.3) is 0 Å². The van der Waals surface area contributed by atoms with Gasteiger partial charge in [-0.1, -0.05) is 55.7 Å². The van der Waals surface area contributed by atoms with Gasteiger partial charge in [-0.2, -0.15) is 0 Å². The molecule has 2 amide bonds. The summed E-state index contributed by atoms with van der Waals surface area (Å²) in [6, 6.07) is 13.4. The third kappa shape index (κ3) is 5.58. The number of thiophene rings is 1. The molecule has 3 rings (SSSR count). The molecular weight excluding hydrogens is 392 g/mol. The van der Waals surface area contributed by atoms with E-state index in [4.69, 9.17) is 11.6 Å². The first-order valence-corrected chi connectivity index (χ1v) is 11.3. The lowest BCUT2D eigenvalue weighted by molar-refractivity contribution is -0.139. The maximum Gasteiger partial charge on any atom is 0.248 e. The first-order chi connectivity index (χ1) is 13.7. The van der Waals surface area contributed by atoms with Gasteiger partial charge >= 0.3 is 0 Å². The normalized spacial score (nSPS) is 15.8. The van der Waals surface area contributed by atoms with Crippen LogP contribution < -0.4 is 5.32 Å². The van der Waals surface area contributed by atoms with Crippen molar-refractivity contribution < 1.29 is 9.59 Å². The molecule has 4 nitrogen and oxygen atoms in total. The van der Waals surface area contributed by atoms with Crippen LogP contribution in [0.15, 0.2) is 47.8 Å². The molecule has 0 radical (unpaired) electrons. The quantitative estimate of drug-likeness (QED) is 0.639. The highest BCUT2D eigenvalue weighted by Gasteiger charge is 2.33. The van der Waals surface area contributed by atoms with Gasteiger partial charge < -0.3 is 10.2 Å². The molecule has 1 aromatic heterocycles. The number of benzene rings is 1. The van der Waals surface area contributed by atoms with E-state index in [-0.39, 0.29) is 23.7 Å². The van der Waals surface area contributed by atoms with E-state index in [0.29, 0.717) is 13.0 Å². The molecule has 28 heavy (non-hydrogen) atoms. The molecule has 2 aromatic rings. The van der Waals surface area contributed by atoms with Crippen molar-refractivity contribution in [2.45, 2.75) is 50.6 Å². The van der Waals surface area contributed by atoms with E-state index in [9.17, 15) is 9.59 Å². The standard InChI is InChI=1S/C22H27ClN2O2S/c23-16-20(26)25(14-13-17-8-3-1-4-9-17)21(19-12-7-15-28-19)22(27)24-18-10-5-2-6-11-18/h1,3-4,7-9,12,15,18,21H,2,5-6,10-11,13-14,16H2,(H,24,27)/t21-/m1/s1. The third-order valence-corrected chi connectivity index (χ3v) is 6.40. The molecule has 6 heteroatoms. The van der Waals surface area contributed by atoms with Gasteiger partial charge in [0.15, 0.2) is 0 Å². The second-order valence-corrected chi connectivity index (χ2v) is 8.46. The van der Waals surface area contributed by atoms with Gasteiger partial charge in [0.05, 0.1) is 0 Å². The van der Waals surface area contributed by atoms with Crippen molar-refractivity contribution in [2.24, 2.45) is 0 Å². The van der Waals surface area contributed by atoms with E-state index >= 15 is 0 Å². The number of amides is 2. The fraction of sp³-hybridized carbons (Fsp3) is 0.455. The molecule has 0 aliphatic heterocycles. The lowest BCUT2D eigenvalue weighted by Gasteiger charge is -2.32. The Balaban J connectivity index is 1.79. The Labute approximate surface area is 175 Å². The van der Waals surface area contributed by atoms with Gasteiger partial charge in [-0.25, -0.2) is 0 Å². The summed E-state index contributed by atoms with van der Waals surface area (Å²) in [5.74, 6) is -0.441. The maximum atomic E-state index is 13.2. The van der Waals surface area contributed by atoms with Crippen LogP contribution in [0.1, 0.15) is 48.6 Å². The monoisotopic (exact) mass is 418 g/mol. The summed E-state index contributed by atoms with van der Waals surface area (Å²) >= 11 is 7.41. The molecule has 1 fully saturated rings. The molecule has 150 valence electrons. The molecule has 1 aliphatic carbocycles. The van der Waals surface area contributed by atoms with Gasteiger partial charge in [0.25, 0.3) is 0 Å². The van der Waals surface area contributed by atoms with Crippen LogP contribution in [0.4, 0.5) is 0 Å². The number of hydrogen-bond donors (Lipinski definition) is 1. The lowest BCUT2D eigenvalue weighted by atomic mass is 9.95. The van der Waals surface area contributed by atoms with Crippen molar-refractivity contribution in [3.63, 3.8) is 0 Å². The van der Waals surface area contributed by atoms with Crippen LogP contribution in [0, 0.1) is 0 Å². The smallest absolute Gasteiger partial charge is 0.248 e. The lowest BCUT2D eigenvalue weighted by Crippen LogP contribution is -2.47. The first kappa shape index (κ1) is 20.9. The molecule has 0 saturated heterocycles. The van der Waals surface area contributed by atoms with Crippen LogP contribution in [-0.4, -0.2) is 35.2 Å². The number of nitrogens with one attached hydrogen (secondary N) is 1. The average Bonchev–Trinajstić information content (AvgIpc) is 3.26. The average molecular weight is 419 g/mol. The van der Waals surface area contributed by atoms with Gasteiger partial charge in [0.1, 0.15) is 11.9 Å². The SMILES string of the molecule is O=C(NC1CCCCC1)[C@@H](c1cccs1)N(CCc1ccccc1)C(=O)CCl.